The van der Waals surface area contributed by atoms with Gasteiger partial charge < -0.3 is 5.32 Å². The summed E-state index contributed by atoms with van der Waals surface area (Å²) >= 11 is 0. The van der Waals surface area contributed by atoms with E-state index in [0.717, 1.165) is 24.7 Å². The number of rotatable bonds is 7. The van der Waals surface area contributed by atoms with Crippen molar-refractivity contribution >= 4 is 0 Å². The Bertz CT molecular complexity index is 349. The topological polar surface area (TPSA) is 42.7 Å². The average Bonchev–Trinajstić information content (AvgIpc) is 2.54. The number of aromatic nitrogens is 3. The monoisotopic (exact) mass is 252 g/mol. The number of unbranched alkanes of at least 4 members (excludes halogenated alkanes) is 3. The fourth-order valence-corrected chi connectivity index (χ4v) is 1.98. The van der Waals surface area contributed by atoms with Crippen LogP contribution in [0, 0.1) is 13.8 Å². The summed E-state index contributed by atoms with van der Waals surface area (Å²) < 4.78 is 2.02. The van der Waals surface area contributed by atoms with E-state index in [1.807, 2.05) is 18.5 Å². The summed E-state index contributed by atoms with van der Waals surface area (Å²) in [6.45, 7) is 12.7. The van der Waals surface area contributed by atoms with Crippen LogP contribution in [0.2, 0.25) is 0 Å². The van der Waals surface area contributed by atoms with E-state index in [1.54, 1.807) is 0 Å². The first-order valence-corrected chi connectivity index (χ1v) is 7.01. The summed E-state index contributed by atoms with van der Waals surface area (Å²) in [6.07, 6.45) is 5.01. The molecule has 0 atom stereocenters. The van der Waals surface area contributed by atoms with Crippen molar-refractivity contribution in [2.45, 2.75) is 72.4 Å². The Morgan fingerprint density at radius 3 is 2.28 bits per heavy atom. The molecule has 0 aromatic carbocycles. The van der Waals surface area contributed by atoms with Crippen LogP contribution in [0.25, 0.3) is 0 Å². The minimum Gasteiger partial charge on any atom is -0.312 e. The SMILES string of the molecule is Cc1nc(C)n(CCCCCCNC(C)(C)C)n1. The molecule has 18 heavy (non-hydrogen) atoms. The van der Waals surface area contributed by atoms with Gasteiger partial charge >= 0.3 is 0 Å². The first-order valence-electron chi connectivity index (χ1n) is 7.01. The highest BCUT2D eigenvalue weighted by atomic mass is 15.3. The predicted octanol–water partition coefficient (Wildman–Crippen LogP) is 2.84. The van der Waals surface area contributed by atoms with Crippen molar-refractivity contribution in [2.24, 2.45) is 0 Å². The molecule has 0 radical (unpaired) electrons. The zero-order valence-corrected chi connectivity index (χ0v) is 12.6. The summed E-state index contributed by atoms with van der Waals surface area (Å²) in [4.78, 5) is 4.31. The highest BCUT2D eigenvalue weighted by Crippen LogP contribution is 2.05. The molecule has 0 spiro atoms. The Hall–Kier alpha value is -0.900. The molecule has 4 nitrogen and oxygen atoms in total. The average molecular weight is 252 g/mol. The molecule has 0 saturated carbocycles. The minimum absolute atomic E-state index is 0.245. The fourth-order valence-electron chi connectivity index (χ4n) is 1.98. The van der Waals surface area contributed by atoms with E-state index in [9.17, 15) is 0 Å². The quantitative estimate of drug-likeness (QED) is 0.759. The van der Waals surface area contributed by atoms with Crippen LogP contribution in [0.3, 0.4) is 0 Å². The van der Waals surface area contributed by atoms with Gasteiger partial charge in [0.1, 0.15) is 11.6 Å². The Morgan fingerprint density at radius 1 is 1.06 bits per heavy atom. The first kappa shape index (κ1) is 15.2. The first-order chi connectivity index (χ1) is 8.38. The van der Waals surface area contributed by atoms with Gasteiger partial charge in [-0.05, 0) is 54.0 Å². The summed E-state index contributed by atoms with van der Waals surface area (Å²) in [7, 11) is 0. The van der Waals surface area contributed by atoms with E-state index in [-0.39, 0.29) is 5.54 Å². The third-order valence-electron chi connectivity index (χ3n) is 2.91. The van der Waals surface area contributed by atoms with Crippen molar-refractivity contribution in [1.82, 2.24) is 20.1 Å². The van der Waals surface area contributed by atoms with Crippen LogP contribution in [0.5, 0.6) is 0 Å². The maximum atomic E-state index is 4.37. The van der Waals surface area contributed by atoms with Crippen LogP contribution < -0.4 is 5.32 Å². The number of hydrogen-bond donors (Lipinski definition) is 1. The predicted molar refractivity (Wildman–Crippen MR) is 75.7 cm³/mol. The molecule has 0 fully saturated rings. The molecule has 4 heteroatoms. The summed E-state index contributed by atoms with van der Waals surface area (Å²) in [5, 5.41) is 7.89. The Morgan fingerprint density at radius 2 is 1.72 bits per heavy atom. The van der Waals surface area contributed by atoms with Crippen LogP contribution >= 0.6 is 0 Å². The van der Waals surface area contributed by atoms with Crippen molar-refractivity contribution in [3.63, 3.8) is 0 Å². The lowest BCUT2D eigenvalue weighted by molar-refractivity contribution is 0.413. The minimum atomic E-state index is 0.245. The Kier molecular flexibility index (Phi) is 5.79. The van der Waals surface area contributed by atoms with Gasteiger partial charge in [0.05, 0.1) is 0 Å². The standard InChI is InChI=1S/C14H28N4/c1-12-16-13(2)18(17-12)11-9-7-6-8-10-15-14(3,4)5/h15H,6-11H2,1-5H3. The van der Waals surface area contributed by atoms with Gasteiger partial charge in [-0.15, -0.1) is 0 Å². The molecule has 0 saturated heterocycles. The molecule has 0 amide bonds. The normalized spacial score (nSPS) is 12.1. The number of hydrogen-bond acceptors (Lipinski definition) is 3. The number of nitrogens with one attached hydrogen (secondary N) is 1. The Balaban J connectivity index is 2.04. The molecular formula is C14H28N4. The van der Waals surface area contributed by atoms with Crippen LogP contribution in [-0.4, -0.2) is 26.8 Å². The molecule has 0 unspecified atom stereocenters. The van der Waals surface area contributed by atoms with E-state index in [1.165, 1.54) is 25.7 Å². The smallest absolute Gasteiger partial charge is 0.147 e. The van der Waals surface area contributed by atoms with Crippen molar-refractivity contribution in [3.05, 3.63) is 11.6 Å². The van der Waals surface area contributed by atoms with Crippen LogP contribution in [0.1, 0.15) is 58.1 Å². The van der Waals surface area contributed by atoms with Crippen LogP contribution in [-0.2, 0) is 6.54 Å². The highest BCUT2D eigenvalue weighted by molar-refractivity contribution is 4.87. The molecular weight excluding hydrogens is 224 g/mol. The van der Waals surface area contributed by atoms with Gasteiger partial charge in [-0.25, -0.2) is 4.98 Å². The van der Waals surface area contributed by atoms with E-state index >= 15 is 0 Å². The van der Waals surface area contributed by atoms with Crippen molar-refractivity contribution in [1.29, 1.82) is 0 Å². The van der Waals surface area contributed by atoms with E-state index in [0.29, 0.717) is 0 Å². The molecule has 1 N–H and O–H groups in total. The molecule has 1 aromatic heterocycles. The molecule has 0 bridgehead atoms. The molecule has 1 aromatic rings. The maximum absolute atomic E-state index is 4.37. The molecule has 104 valence electrons. The lowest BCUT2D eigenvalue weighted by Gasteiger charge is -2.20. The lowest BCUT2D eigenvalue weighted by atomic mass is 10.1. The number of aryl methyl sites for hydroxylation is 3. The zero-order chi connectivity index (χ0) is 13.6. The second kappa shape index (κ2) is 6.88. The second-order valence-corrected chi connectivity index (χ2v) is 6.02. The molecule has 1 heterocycles. The van der Waals surface area contributed by atoms with Crippen molar-refractivity contribution < 1.29 is 0 Å². The van der Waals surface area contributed by atoms with Crippen molar-refractivity contribution in [2.75, 3.05) is 6.54 Å². The number of nitrogens with zero attached hydrogens (tertiary/aromatic N) is 3. The molecule has 0 aliphatic rings. The Labute approximate surface area is 111 Å². The lowest BCUT2D eigenvalue weighted by Crippen LogP contribution is -2.36. The van der Waals surface area contributed by atoms with Crippen LogP contribution in [0.15, 0.2) is 0 Å². The van der Waals surface area contributed by atoms with Gasteiger partial charge in [-0.1, -0.05) is 12.8 Å². The summed E-state index contributed by atoms with van der Waals surface area (Å²) in [5.41, 5.74) is 0.245. The largest absolute Gasteiger partial charge is 0.312 e. The summed E-state index contributed by atoms with van der Waals surface area (Å²) in [6, 6.07) is 0. The van der Waals surface area contributed by atoms with Gasteiger partial charge in [0, 0.05) is 12.1 Å². The van der Waals surface area contributed by atoms with Gasteiger partial charge in [-0.2, -0.15) is 5.10 Å². The van der Waals surface area contributed by atoms with Crippen molar-refractivity contribution in [3.8, 4) is 0 Å². The molecule has 0 aliphatic carbocycles. The third kappa shape index (κ3) is 6.15. The van der Waals surface area contributed by atoms with E-state index < -0.39 is 0 Å². The van der Waals surface area contributed by atoms with Gasteiger partial charge in [0.2, 0.25) is 0 Å². The summed E-state index contributed by atoms with van der Waals surface area (Å²) in [5.74, 6) is 1.91. The maximum Gasteiger partial charge on any atom is 0.147 e. The highest BCUT2D eigenvalue weighted by Gasteiger charge is 2.07. The molecule has 0 aliphatic heterocycles. The second-order valence-electron chi connectivity index (χ2n) is 6.02. The van der Waals surface area contributed by atoms with E-state index in [2.05, 4.69) is 36.2 Å². The van der Waals surface area contributed by atoms with Crippen LogP contribution in [0.4, 0.5) is 0 Å². The zero-order valence-electron chi connectivity index (χ0n) is 12.6. The van der Waals surface area contributed by atoms with Gasteiger partial charge in [0.25, 0.3) is 0 Å². The fraction of sp³-hybridized carbons (Fsp3) is 0.857. The van der Waals surface area contributed by atoms with Gasteiger partial charge in [-0.3, -0.25) is 4.68 Å². The van der Waals surface area contributed by atoms with E-state index in [4.69, 9.17) is 0 Å². The van der Waals surface area contributed by atoms with Gasteiger partial charge in [0.15, 0.2) is 0 Å². The molecule has 1 rings (SSSR count). The third-order valence-corrected chi connectivity index (χ3v) is 2.91.